The normalized spacial score (nSPS) is 19.3. The molecule has 2 heterocycles. The van der Waals surface area contributed by atoms with Crippen molar-refractivity contribution in [2.24, 2.45) is 7.05 Å². The molecule has 20 heavy (non-hydrogen) atoms. The van der Waals surface area contributed by atoms with Crippen LogP contribution in [0.2, 0.25) is 0 Å². The van der Waals surface area contributed by atoms with E-state index in [9.17, 15) is 0 Å². The van der Waals surface area contributed by atoms with Crippen LogP contribution in [0.3, 0.4) is 0 Å². The zero-order valence-corrected chi connectivity index (χ0v) is 12.8. The quantitative estimate of drug-likeness (QED) is 0.940. The van der Waals surface area contributed by atoms with Gasteiger partial charge in [-0.05, 0) is 39.0 Å². The van der Waals surface area contributed by atoms with Crippen LogP contribution in [0.15, 0.2) is 6.20 Å². The van der Waals surface area contributed by atoms with Gasteiger partial charge in [-0.15, -0.1) is 11.3 Å². The van der Waals surface area contributed by atoms with Crippen LogP contribution in [0.5, 0.6) is 0 Å². The number of aryl methyl sites for hydroxylation is 4. The summed E-state index contributed by atoms with van der Waals surface area (Å²) in [5, 5.41) is 9.50. The summed E-state index contributed by atoms with van der Waals surface area (Å²) in [7, 11) is 1.99. The first-order chi connectivity index (χ1) is 9.70. The molecule has 4 rings (SSSR count). The van der Waals surface area contributed by atoms with Gasteiger partial charge in [0.25, 0.3) is 0 Å². The fraction of sp³-hybridized carbons (Fsp3) is 0.600. The van der Waals surface area contributed by atoms with Gasteiger partial charge in [0.15, 0.2) is 0 Å². The Labute approximate surface area is 123 Å². The molecule has 5 heteroatoms. The molecule has 1 atom stereocenters. The third-order valence-electron chi connectivity index (χ3n) is 4.20. The second-order valence-corrected chi connectivity index (χ2v) is 7.11. The van der Waals surface area contributed by atoms with Crippen molar-refractivity contribution in [2.45, 2.75) is 51.1 Å². The van der Waals surface area contributed by atoms with Crippen molar-refractivity contribution in [3.05, 3.63) is 33.0 Å². The average Bonchev–Trinajstić information content (AvgIpc) is 2.80. The molecule has 0 saturated heterocycles. The molecule has 4 nitrogen and oxygen atoms in total. The largest absolute Gasteiger partial charge is 0.301 e. The van der Waals surface area contributed by atoms with Gasteiger partial charge in [0.2, 0.25) is 0 Å². The first-order valence-electron chi connectivity index (χ1n) is 7.45. The highest BCUT2D eigenvalue weighted by Gasteiger charge is 2.31. The number of hydrogen-bond donors (Lipinski definition) is 1. The Balaban J connectivity index is 1.71. The predicted octanol–water partition coefficient (Wildman–Crippen LogP) is 2.52. The monoisotopic (exact) mass is 288 g/mol. The fourth-order valence-corrected chi connectivity index (χ4v) is 4.25. The molecule has 1 N–H and O–H groups in total. The van der Waals surface area contributed by atoms with Crippen LogP contribution in [0.1, 0.15) is 52.1 Å². The van der Waals surface area contributed by atoms with E-state index < -0.39 is 0 Å². The first kappa shape index (κ1) is 12.5. The maximum atomic E-state index is 4.92. The van der Waals surface area contributed by atoms with Crippen molar-refractivity contribution < 1.29 is 0 Å². The SMILES string of the molecule is Cc1nn(C)cc1C(NC1CC1)c1nc2c(s1)CCC2. The smallest absolute Gasteiger partial charge is 0.115 e. The van der Waals surface area contributed by atoms with Gasteiger partial charge in [0.05, 0.1) is 17.4 Å². The molecule has 2 aliphatic rings. The van der Waals surface area contributed by atoms with E-state index in [0.717, 1.165) is 12.1 Å². The summed E-state index contributed by atoms with van der Waals surface area (Å²) in [6.45, 7) is 2.10. The Hall–Kier alpha value is -1.20. The molecule has 2 aliphatic carbocycles. The van der Waals surface area contributed by atoms with Crippen LogP contribution < -0.4 is 5.32 Å². The lowest BCUT2D eigenvalue weighted by Gasteiger charge is -2.15. The zero-order chi connectivity index (χ0) is 13.7. The lowest BCUT2D eigenvalue weighted by atomic mass is 10.1. The molecule has 1 unspecified atom stereocenters. The van der Waals surface area contributed by atoms with Crippen LogP contribution in [-0.2, 0) is 19.9 Å². The van der Waals surface area contributed by atoms with Crippen molar-refractivity contribution in [3.63, 3.8) is 0 Å². The van der Waals surface area contributed by atoms with E-state index in [1.54, 1.807) is 0 Å². The third-order valence-corrected chi connectivity index (χ3v) is 5.42. The number of thiazole rings is 1. The predicted molar refractivity (Wildman–Crippen MR) is 80.1 cm³/mol. The van der Waals surface area contributed by atoms with Crippen LogP contribution in [0.25, 0.3) is 0 Å². The third kappa shape index (κ3) is 2.19. The lowest BCUT2D eigenvalue weighted by Crippen LogP contribution is -2.24. The first-order valence-corrected chi connectivity index (χ1v) is 8.27. The summed E-state index contributed by atoms with van der Waals surface area (Å²) >= 11 is 1.90. The standard InChI is InChI=1S/C15H20N4S/c1-9-11(8-19(2)18-9)14(16-10-6-7-10)15-17-12-4-3-5-13(12)20-15/h8,10,14,16H,3-7H2,1-2H3. The topological polar surface area (TPSA) is 42.7 Å². The van der Waals surface area contributed by atoms with Crippen molar-refractivity contribution in [1.29, 1.82) is 0 Å². The van der Waals surface area contributed by atoms with E-state index in [0.29, 0.717) is 6.04 Å². The molecule has 0 amide bonds. The molecule has 0 aliphatic heterocycles. The number of nitrogens with one attached hydrogen (secondary N) is 1. The van der Waals surface area contributed by atoms with Crippen LogP contribution in [0.4, 0.5) is 0 Å². The van der Waals surface area contributed by atoms with Gasteiger partial charge in [-0.2, -0.15) is 5.10 Å². The minimum atomic E-state index is 0.229. The van der Waals surface area contributed by atoms with Crippen molar-refractivity contribution in [1.82, 2.24) is 20.1 Å². The Morgan fingerprint density at radius 3 is 2.90 bits per heavy atom. The summed E-state index contributed by atoms with van der Waals surface area (Å²) in [4.78, 5) is 6.42. The Morgan fingerprint density at radius 1 is 1.40 bits per heavy atom. The summed E-state index contributed by atoms with van der Waals surface area (Å²) < 4.78 is 1.91. The van der Waals surface area contributed by atoms with E-state index in [4.69, 9.17) is 4.98 Å². The van der Waals surface area contributed by atoms with Gasteiger partial charge in [-0.3, -0.25) is 4.68 Å². The molecule has 106 valence electrons. The minimum Gasteiger partial charge on any atom is -0.301 e. The molecule has 1 fully saturated rings. The molecule has 0 aromatic carbocycles. The molecular weight excluding hydrogens is 268 g/mol. The second kappa shape index (κ2) is 4.67. The summed E-state index contributed by atoms with van der Waals surface area (Å²) in [5.74, 6) is 0. The molecule has 0 radical (unpaired) electrons. The molecule has 2 aromatic rings. The molecule has 2 aromatic heterocycles. The number of hydrogen-bond acceptors (Lipinski definition) is 4. The highest BCUT2D eigenvalue weighted by molar-refractivity contribution is 7.11. The van der Waals surface area contributed by atoms with Gasteiger partial charge in [-0.1, -0.05) is 0 Å². The van der Waals surface area contributed by atoms with Crippen molar-refractivity contribution in [3.8, 4) is 0 Å². The van der Waals surface area contributed by atoms with E-state index in [2.05, 4.69) is 23.5 Å². The van der Waals surface area contributed by atoms with Gasteiger partial charge in [0.1, 0.15) is 5.01 Å². The van der Waals surface area contributed by atoms with E-state index in [1.807, 2.05) is 23.1 Å². The van der Waals surface area contributed by atoms with Gasteiger partial charge in [-0.25, -0.2) is 4.98 Å². The number of fused-ring (bicyclic) bond motifs is 1. The molecular formula is C15H20N4S. The molecule has 0 bridgehead atoms. The maximum Gasteiger partial charge on any atom is 0.115 e. The van der Waals surface area contributed by atoms with Crippen molar-refractivity contribution in [2.75, 3.05) is 0 Å². The molecule has 0 spiro atoms. The maximum absolute atomic E-state index is 4.92. The van der Waals surface area contributed by atoms with Gasteiger partial charge in [0, 0.05) is 29.7 Å². The van der Waals surface area contributed by atoms with Gasteiger partial charge >= 0.3 is 0 Å². The zero-order valence-electron chi connectivity index (χ0n) is 12.0. The summed E-state index contributed by atoms with van der Waals surface area (Å²) in [6, 6.07) is 0.894. The molecule has 1 saturated carbocycles. The number of nitrogens with zero attached hydrogens (tertiary/aromatic N) is 3. The van der Waals surface area contributed by atoms with E-state index >= 15 is 0 Å². The minimum absolute atomic E-state index is 0.229. The fourth-order valence-electron chi connectivity index (χ4n) is 3.01. The average molecular weight is 288 g/mol. The highest BCUT2D eigenvalue weighted by atomic mass is 32.1. The van der Waals surface area contributed by atoms with E-state index in [-0.39, 0.29) is 6.04 Å². The number of aromatic nitrogens is 3. The Kier molecular flexibility index (Phi) is 2.93. The van der Waals surface area contributed by atoms with Crippen LogP contribution in [0, 0.1) is 6.92 Å². The summed E-state index contributed by atoms with van der Waals surface area (Å²) in [6.07, 6.45) is 8.38. The lowest BCUT2D eigenvalue weighted by molar-refractivity contribution is 0.594. The highest BCUT2D eigenvalue weighted by Crippen LogP contribution is 2.36. The van der Waals surface area contributed by atoms with E-state index in [1.165, 1.54) is 46.8 Å². The summed E-state index contributed by atoms with van der Waals surface area (Å²) in [5.41, 5.74) is 3.74. The van der Waals surface area contributed by atoms with Crippen LogP contribution in [-0.4, -0.2) is 20.8 Å². The Bertz CT molecular complexity index is 617. The van der Waals surface area contributed by atoms with Gasteiger partial charge < -0.3 is 5.32 Å². The second-order valence-electron chi connectivity index (χ2n) is 5.99. The Morgan fingerprint density at radius 2 is 2.25 bits per heavy atom. The van der Waals surface area contributed by atoms with Crippen molar-refractivity contribution >= 4 is 11.3 Å². The number of rotatable bonds is 4. The van der Waals surface area contributed by atoms with Crippen LogP contribution >= 0.6 is 11.3 Å².